The number of rotatable bonds is 3. The highest BCUT2D eigenvalue weighted by atomic mass is 16.5. The number of carbonyl (C=O) groups is 1. The third-order valence-electron chi connectivity index (χ3n) is 6.31. The molecule has 2 aromatic rings. The van der Waals surface area contributed by atoms with Gasteiger partial charge in [-0.2, -0.15) is 0 Å². The first kappa shape index (κ1) is 16.1. The van der Waals surface area contributed by atoms with Crippen molar-refractivity contribution >= 4 is 11.4 Å². The van der Waals surface area contributed by atoms with Crippen LogP contribution in [-0.2, 0) is 5.41 Å². The van der Waals surface area contributed by atoms with Gasteiger partial charge in [-0.1, -0.05) is 49.8 Å². The molecule has 0 amide bonds. The molecule has 0 N–H and O–H groups in total. The first-order valence-electron chi connectivity index (χ1n) is 9.12. The van der Waals surface area contributed by atoms with E-state index in [0.29, 0.717) is 0 Å². The van der Waals surface area contributed by atoms with Crippen LogP contribution < -0.4 is 4.74 Å². The zero-order valence-electron chi connectivity index (χ0n) is 15.3. The average Bonchev–Trinajstić information content (AvgIpc) is 2.91. The molecule has 2 atom stereocenters. The van der Waals surface area contributed by atoms with Crippen LogP contribution in [0, 0.1) is 0 Å². The van der Waals surface area contributed by atoms with Gasteiger partial charge in [-0.15, -0.1) is 0 Å². The summed E-state index contributed by atoms with van der Waals surface area (Å²) in [6, 6.07) is 14.5. The van der Waals surface area contributed by atoms with Crippen LogP contribution >= 0.6 is 0 Å². The van der Waals surface area contributed by atoms with Crippen LogP contribution in [0.5, 0.6) is 5.75 Å². The summed E-state index contributed by atoms with van der Waals surface area (Å²) in [6.07, 6.45) is 1.89. The van der Waals surface area contributed by atoms with Crippen molar-refractivity contribution < 1.29 is 9.53 Å². The maximum Gasteiger partial charge on any atom is 0.172 e. The summed E-state index contributed by atoms with van der Waals surface area (Å²) < 4.78 is 5.39. The van der Waals surface area contributed by atoms with Crippen LogP contribution in [0.3, 0.4) is 0 Å². The molecule has 0 bridgehead atoms. The standard InChI is InChI=1S/C23H24O2/c1-5-19-14(3)16-9-7-8-10-17(16)21-22(24)18-13-15(25-4)11-12-20(18)23(19,21)6-2/h7-13,21H,5-6H2,1-4H3/t21-,23+/m1/s1. The number of ether oxygens (including phenoxy) is 1. The molecule has 2 aliphatic rings. The van der Waals surface area contributed by atoms with Crippen LogP contribution in [-0.4, -0.2) is 12.9 Å². The Bertz CT molecular complexity index is 906. The van der Waals surface area contributed by atoms with Gasteiger partial charge in [-0.05, 0) is 54.2 Å². The maximum atomic E-state index is 13.5. The minimum absolute atomic E-state index is 0.116. The molecule has 0 spiro atoms. The van der Waals surface area contributed by atoms with Crippen molar-refractivity contribution in [2.24, 2.45) is 0 Å². The van der Waals surface area contributed by atoms with Crippen molar-refractivity contribution in [1.82, 2.24) is 0 Å². The van der Waals surface area contributed by atoms with Crippen LogP contribution in [0.2, 0.25) is 0 Å². The van der Waals surface area contributed by atoms with Crippen molar-refractivity contribution in [3.63, 3.8) is 0 Å². The minimum Gasteiger partial charge on any atom is -0.497 e. The fourth-order valence-corrected chi connectivity index (χ4v) is 5.30. The lowest BCUT2D eigenvalue weighted by atomic mass is 9.59. The van der Waals surface area contributed by atoms with E-state index in [1.165, 1.54) is 27.8 Å². The Kier molecular flexibility index (Phi) is 3.61. The predicted molar refractivity (Wildman–Crippen MR) is 101 cm³/mol. The van der Waals surface area contributed by atoms with Gasteiger partial charge in [0.05, 0.1) is 13.0 Å². The Labute approximate surface area is 149 Å². The number of ketones is 1. The van der Waals surface area contributed by atoms with E-state index in [1.807, 2.05) is 12.1 Å². The first-order chi connectivity index (χ1) is 12.1. The zero-order chi connectivity index (χ0) is 17.8. The highest BCUT2D eigenvalue weighted by molar-refractivity contribution is 6.10. The molecule has 2 heteroatoms. The van der Waals surface area contributed by atoms with E-state index >= 15 is 0 Å². The maximum absolute atomic E-state index is 13.5. The molecule has 4 rings (SSSR count). The third-order valence-corrected chi connectivity index (χ3v) is 6.31. The number of fused-ring (bicyclic) bond motifs is 5. The Balaban J connectivity index is 2.10. The lowest BCUT2D eigenvalue weighted by molar-refractivity contribution is 0.0946. The van der Waals surface area contributed by atoms with E-state index < -0.39 is 0 Å². The number of allylic oxidation sites excluding steroid dienone is 2. The first-order valence-corrected chi connectivity index (χ1v) is 9.12. The highest BCUT2D eigenvalue weighted by Crippen LogP contribution is 2.60. The van der Waals surface area contributed by atoms with E-state index in [4.69, 9.17) is 4.74 Å². The SMILES string of the molecule is CCC1=C(C)c2ccccc2[C@@H]2C(=O)c3cc(OC)ccc3[C@]12CC. The van der Waals surface area contributed by atoms with Gasteiger partial charge in [0, 0.05) is 11.0 Å². The lowest BCUT2D eigenvalue weighted by Gasteiger charge is -2.43. The Morgan fingerprint density at radius 1 is 1.08 bits per heavy atom. The van der Waals surface area contributed by atoms with Gasteiger partial charge in [0.2, 0.25) is 0 Å². The molecule has 0 fully saturated rings. The largest absolute Gasteiger partial charge is 0.497 e. The molecule has 2 nitrogen and oxygen atoms in total. The van der Waals surface area contributed by atoms with Crippen LogP contribution in [0.15, 0.2) is 48.0 Å². The fourth-order valence-electron chi connectivity index (χ4n) is 5.30. The van der Waals surface area contributed by atoms with Crippen LogP contribution in [0.25, 0.3) is 5.57 Å². The second kappa shape index (κ2) is 5.59. The van der Waals surface area contributed by atoms with Crippen LogP contribution in [0.1, 0.15) is 66.6 Å². The van der Waals surface area contributed by atoms with E-state index in [0.717, 1.165) is 24.2 Å². The molecule has 0 aromatic heterocycles. The molecular weight excluding hydrogens is 308 g/mol. The highest BCUT2D eigenvalue weighted by Gasteiger charge is 2.55. The summed E-state index contributed by atoms with van der Waals surface area (Å²) in [6.45, 7) is 6.65. The molecule has 0 saturated heterocycles. The van der Waals surface area contributed by atoms with Crippen molar-refractivity contribution in [2.75, 3.05) is 7.11 Å². The quantitative estimate of drug-likeness (QED) is 0.739. The Morgan fingerprint density at radius 2 is 1.84 bits per heavy atom. The second-order valence-corrected chi connectivity index (χ2v) is 7.08. The van der Waals surface area contributed by atoms with Crippen molar-refractivity contribution in [3.8, 4) is 5.75 Å². The van der Waals surface area contributed by atoms with Gasteiger partial charge in [0.25, 0.3) is 0 Å². The van der Waals surface area contributed by atoms with Crippen molar-refractivity contribution in [2.45, 2.75) is 44.9 Å². The Hall–Kier alpha value is -2.35. The van der Waals surface area contributed by atoms with Gasteiger partial charge < -0.3 is 4.74 Å². The van der Waals surface area contributed by atoms with Gasteiger partial charge in [-0.3, -0.25) is 4.79 Å². The van der Waals surface area contributed by atoms with Crippen molar-refractivity contribution in [3.05, 3.63) is 70.3 Å². The number of benzene rings is 2. The monoisotopic (exact) mass is 332 g/mol. The number of carbonyl (C=O) groups excluding carboxylic acids is 1. The number of hydrogen-bond donors (Lipinski definition) is 0. The van der Waals surface area contributed by atoms with E-state index in [2.05, 4.69) is 51.1 Å². The number of methoxy groups -OCH3 is 1. The predicted octanol–water partition coefficient (Wildman–Crippen LogP) is 5.52. The van der Waals surface area contributed by atoms with E-state index in [-0.39, 0.29) is 17.1 Å². The number of hydrogen-bond acceptors (Lipinski definition) is 2. The van der Waals surface area contributed by atoms with Gasteiger partial charge in [-0.25, -0.2) is 0 Å². The summed E-state index contributed by atoms with van der Waals surface area (Å²) >= 11 is 0. The van der Waals surface area contributed by atoms with E-state index in [1.54, 1.807) is 7.11 Å². The molecule has 128 valence electrons. The molecule has 2 aliphatic carbocycles. The molecule has 0 aliphatic heterocycles. The molecular formula is C23H24O2. The smallest absolute Gasteiger partial charge is 0.172 e. The van der Waals surface area contributed by atoms with Gasteiger partial charge >= 0.3 is 0 Å². The van der Waals surface area contributed by atoms with Crippen LogP contribution in [0.4, 0.5) is 0 Å². The summed E-state index contributed by atoms with van der Waals surface area (Å²) in [4.78, 5) is 13.5. The molecule has 0 radical (unpaired) electrons. The second-order valence-electron chi connectivity index (χ2n) is 7.08. The number of Topliss-reactive ketones (excluding diaryl/α,β-unsaturated/α-hetero) is 1. The zero-order valence-corrected chi connectivity index (χ0v) is 15.3. The fraction of sp³-hybridized carbons (Fsp3) is 0.348. The Morgan fingerprint density at radius 3 is 2.52 bits per heavy atom. The average molecular weight is 332 g/mol. The summed E-state index contributed by atoms with van der Waals surface area (Å²) in [7, 11) is 1.65. The summed E-state index contributed by atoms with van der Waals surface area (Å²) in [5, 5.41) is 0. The third kappa shape index (κ3) is 1.88. The van der Waals surface area contributed by atoms with E-state index in [9.17, 15) is 4.79 Å². The molecule has 0 unspecified atom stereocenters. The molecule has 0 saturated carbocycles. The normalized spacial score (nSPS) is 24.0. The van der Waals surface area contributed by atoms with Crippen molar-refractivity contribution in [1.29, 1.82) is 0 Å². The topological polar surface area (TPSA) is 26.3 Å². The molecule has 2 aromatic carbocycles. The lowest BCUT2D eigenvalue weighted by Crippen LogP contribution is -2.37. The minimum atomic E-state index is -0.216. The summed E-state index contributed by atoms with van der Waals surface area (Å²) in [5.74, 6) is 0.875. The van der Waals surface area contributed by atoms with Gasteiger partial charge in [0.1, 0.15) is 5.75 Å². The van der Waals surface area contributed by atoms with Gasteiger partial charge in [0.15, 0.2) is 5.78 Å². The molecule has 0 heterocycles. The summed E-state index contributed by atoms with van der Waals surface area (Å²) in [5.41, 5.74) is 6.97. The molecule has 25 heavy (non-hydrogen) atoms.